The molecule has 0 amide bonds. The van der Waals surface area contributed by atoms with Gasteiger partial charge < -0.3 is 10.4 Å². The molecule has 0 bridgehead atoms. The van der Waals surface area contributed by atoms with Gasteiger partial charge in [-0.15, -0.1) is 0 Å². The number of hydrogen-bond donors (Lipinski definition) is 2. The second kappa shape index (κ2) is 5.27. The Kier molecular flexibility index (Phi) is 3.74. The largest absolute Gasteiger partial charge is 0.478 e. The Morgan fingerprint density at radius 1 is 1.41 bits per heavy atom. The standard InChI is InChI=1S/C13H16FNO2/c14-12-6-5-9(13(16)17)7-10(12)8-15-11-3-1-2-4-11/h5-7,11,15H,1-4,8H2,(H,16,17). The molecule has 3 nitrogen and oxygen atoms in total. The zero-order chi connectivity index (χ0) is 12.3. The van der Waals surface area contributed by atoms with Crippen LogP contribution in [0.1, 0.15) is 41.6 Å². The van der Waals surface area contributed by atoms with Gasteiger partial charge in [0.25, 0.3) is 0 Å². The highest BCUT2D eigenvalue weighted by molar-refractivity contribution is 5.87. The summed E-state index contributed by atoms with van der Waals surface area (Å²) in [6.07, 6.45) is 4.69. The Bertz CT molecular complexity index is 414. The fourth-order valence-electron chi connectivity index (χ4n) is 2.23. The topological polar surface area (TPSA) is 49.3 Å². The summed E-state index contributed by atoms with van der Waals surface area (Å²) >= 11 is 0. The van der Waals surface area contributed by atoms with Crippen LogP contribution in [0.3, 0.4) is 0 Å². The number of hydrogen-bond acceptors (Lipinski definition) is 2. The van der Waals surface area contributed by atoms with Crippen molar-refractivity contribution in [3.63, 3.8) is 0 Å². The van der Waals surface area contributed by atoms with E-state index in [4.69, 9.17) is 5.11 Å². The lowest BCUT2D eigenvalue weighted by Gasteiger charge is -2.12. The number of carbonyl (C=O) groups is 1. The second-order valence-electron chi connectivity index (χ2n) is 4.47. The lowest BCUT2D eigenvalue weighted by molar-refractivity contribution is 0.0696. The molecule has 17 heavy (non-hydrogen) atoms. The highest BCUT2D eigenvalue weighted by Crippen LogP contribution is 2.19. The van der Waals surface area contributed by atoms with Crippen molar-refractivity contribution in [1.82, 2.24) is 5.32 Å². The van der Waals surface area contributed by atoms with Gasteiger partial charge in [-0.05, 0) is 31.0 Å². The van der Waals surface area contributed by atoms with Crippen LogP contribution >= 0.6 is 0 Å². The molecule has 0 unspecified atom stereocenters. The Hall–Kier alpha value is -1.42. The number of halogens is 1. The summed E-state index contributed by atoms with van der Waals surface area (Å²) in [6.45, 7) is 0.400. The van der Waals surface area contributed by atoms with Gasteiger partial charge in [-0.2, -0.15) is 0 Å². The highest BCUT2D eigenvalue weighted by Gasteiger charge is 2.15. The molecule has 2 rings (SSSR count). The van der Waals surface area contributed by atoms with Gasteiger partial charge in [0.15, 0.2) is 0 Å². The minimum Gasteiger partial charge on any atom is -0.478 e. The number of rotatable bonds is 4. The third-order valence-corrected chi connectivity index (χ3v) is 3.23. The van der Waals surface area contributed by atoms with Crippen LogP contribution in [0.25, 0.3) is 0 Å². The molecule has 0 radical (unpaired) electrons. The van der Waals surface area contributed by atoms with E-state index in [1.165, 1.54) is 31.0 Å². The first-order chi connectivity index (χ1) is 8.16. The van der Waals surface area contributed by atoms with Crippen molar-refractivity contribution >= 4 is 5.97 Å². The summed E-state index contributed by atoms with van der Waals surface area (Å²) in [4.78, 5) is 10.8. The number of benzene rings is 1. The predicted octanol–water partition coefficient (Wildman–Crippen LogP) is 2.56. The molecule has 1 aliphatic carbocycles. The summed E-state index contributed by atoms with van der Waals surface area (Å²) < 4.78 is 13.5. The Morgan fingerprint density at radius 2 is 2.12 bits per heavy atom. The van der Waals surface area contributed by atoms with Gasteiger partial charge in [0, 0.05) is 18.2 Å². The molecule has 4 heteroatoms. The predicted molar refractivity (Wildman–Crippen MR) is 62.5 cm³/mol. The first-order valence-electron chi connectivity index (χ1n) is 5.92. The summed E-state index contributed by atoms with van der Waals surface area (Å²) in [5.74, 6) is -1.37. The number of carboxylic acids is 1. The van der Waals surface area contributed by atoms with E-state index in [-0.39, 0.29) is 11.4 Å². The van der Waals surface area contributed by atoms with E-state index in [1.807, 2.05) is 0 Å². The molecule has 0 spiro atoms. The van der Waals surface area contributed by atoms with E-state index in [2.05, 4.69) is 5.32 Å². The Labute approximate surface area is 99.7 Å². The maximum atomic E-state index is 13.5. The normalized spacial score (nSPS) is 16.3. The van der Waals surface area contributed by atoms with Crippen molar-refractivity contribution in [2.24, 2.45) is 0 Å². The van der Waals surface area contributed by atoms with E-state index in [0.29, 0.717) is 18.2 Å². The van der Waals surface area contributed by atoms with Crippen molar-refractivity contribution in [2.45, 2.75) is 38.3 Å². The number of aromatic carboxylic acids is 1. The Balaban J connectivity index is 2.03. The number of nitrogens with one attached hydrogen (secondary N) is 1. The zero-order valence-electron chi connectivity index (χ0n) is 9.58. The molecular weight excluding hydrogens is 221 g/mol. The van der Waals surface area contributed by atoms with Crippen LogP contribution in [0.4, 0.5) is 4.39 Å². The zero-order valence-corrected chi connectivity index (χ0v) is 9.58. The molecule has 0 aliphatic heterocycles. The number of carboxylic acid groups (broad SMARTS) is 1. The molecule has 0 heterocycles. The fourth-order valence-corrected chi connectivity index (χ4v) is 2.23. The van der Waals surface area contributed by atoms with E-state index in [0.717, 1.165) is 12.8 Å². The molecular formula is C13H16FNO2. The lowest BCUT2D eigenvalue weighted by atomic mass is 10.1. The average molecular weight is 237 g/mol. The monoisotopic (exact) mass is 237 g/mol. The lowest BCUT2D eigenvalue weighted by Crippen LogP contribution is -2.25. The average Bonchev–Trinajstić information content (AvgIpc) is 2.80. The molecule has 0 saturated heterocycles. The van der Waals surface area contributed by atoms with Crippen molar-refractivity contribution in [3.8, 4) is 0 Å². The molecule has 0 atom stereocenters. The van der Waals surface area contributed by atoms with Gasteiger partial charge in [0.2, 0.25) is 0 Å². The molecule has 92 valence electrons. The smallest absolute Gasteiger partial charge is 0.335 e. The summed E-state index contributed by atoms with van der Waals surface area (Å²) in [5.41, 5.74) is 0.562. The second-order valence-corrected chi connectivity index (χ2v) is 4.47. The van der Waals surface area contributed by atoms with Crippen LogP contribution in [0.15, 0.2) is 18.2 Å². The molecule has 2 N–H and O–H groups in total. The molecule has 0 aromatic heterocycles. The maximum absolute atomic E-state index is 13.5. The van der Waals surface area contributed by atoms with Gasteiger partial charge in [-0.3, -0.25) is 0 Å². The van der Waals surface area contributed by atoms with E-state index in [9.17, 15) is 9.18 Å². The van der Waals surface area contributed by atoms with Gasteiger partial charge >= 0.3 is 5.97 Å². The molecule has 1 aromatic rings. The van der Waals surface area contributed by atoms with Crippen LogP contribution in [0, 0.1) is 5.82 Å². The first kappa shape index (κ1) is 12.0. The minimum absolute atomic E-state index is 0.134. The summed E-state index contributed by atoms with van der Waals surface area (Å²) in [7, 11) is 0. The molecule has 1 aliphatic rings. The van der Waals surface area contributed by atoms with Crippen LogP contribution in [-0.2, 0) is 6.54 Å². The van der Waals surface area contributed by atoms with Crippen LogP contribution in [0.5, 0.6) is 0 Å². The van der Waals surface area contributed by atoms with Gasteiger partial charge in [-0.1, -0.05) is 12.8 Å². The van der Waals surface area contributed by atoms with Crippen LogP contribution in [-0.4, -0.2) is 17.1 Å². The molecule has 1 aromatic carbocycles. The first-order valence-corrected chi connectivity index (χ1v) is 5.92. The molecule has 1 saturated carbocycles. The molecule has 1 fully saturated rings. The van der Waals surface area contributed by atoms with Crippen molar-refractivity contribution in [2.75, 3.05) is 0 Å². The van der Waals surface area contributed by atoms with E-state index in [1.54, 1.807) is 0 Å². The maximum Gasteiger partial charge on any atom is 0.335 e. The SMILES string of the molecule is O=C(O)c1ccc(F)c(CNC2CCCC2)c1. The van der Waals surface area contributed by atoms with Crippen LogP contribution in [0.2, 0.25) is 0 Å². The van der Waals surface area contributed by atoms with Crippen molar-refractivity contribution in [3.05, 3.63) is 35.1 Å². The minimum atomic E-state index is -1.02. The van der Waals surface area contributed by atoms with E-state index < -0.39 is 5.97 Å². The summed E-state index contributed by atoms with van der Waals surface area (Å²) in [6, 6.07) is 4.36. The fraction of sp³-hybridized carbons (Fsp3) is 0.462. The van der Waals surface area contributed by atoms with Crippen molar-refractivity contribution < 1.29 is 14.3 Å². The van der Waals surface area contributed by atoms with E-state index >= 15 is 0 Å². The third kappa shape index (κ3) is 3.03. The highest BCUT2D eigenvalue weighted by atomic mass is 19.1. The van der Waals surface area contributed by atoms with Crippen LogP contribution < -0.4 is 5.32 Å². The van der Waals surface area contributed by atoms with Gasteiger partial charge in [0.1, 0.15) is 5.82 Å². The van der Waals surface area contributed by atoms with Crippen molar-refractivity contribution in [1.29, 1.82) is 0 Å². The third-order valence-electron chi connectivity index (χ3n) is 3.23. The van der Waals surface area contributed by atoms with Gasteiger partial charge in [-0.25, -0.2) is 9.18 Å². The quantitative estimate of drug-likeness (QED) is 0.846. The Morgan fingerprint density at radius 3 is 2.76 bits per heavy atom. The van der Waals surface area contributed by atoms with Gasteiger partial charge in [0.05, 0.1) is 5.56 Å². The summed E-state index contributed by atoms with van der Waals surface area (Å²) in [5, 5.41) is 12.1.